The van der Waals surface area contributed by atoms with Gasteiger partial charge in [-0.2, -0.15) is 17.0 Å². The minimum atomic E-state index is -0.138. The molecular formula is C5H8N2S2. The second-order valence-electron chi connectivity index (χ2n) is 2.31. The molecule has 0 fully saturated rings. The molecule has 0 saturated carbocycles. The van der Waals surface area contributed by atoms with Crippen molar-refractivity contribution >= 4 is 24.2 Å². The molecule has 0 aliphatic heterocycles. The van der Waals surface area contributed by atoms with Crippen molar-refractivity contribution in [1.82, 2.24) is 9.36 Å². The van der Waals surface area contributed by atoms with E-state index < -0.39 is 0 Å². The first kappa shape index (κ1) is 7.02. The molecule has 50 valence electrons. The monoisotopic (exact) mass is 160 g/mol. The smallest absolute Gasteiger partial charge is 0.129 e. The van der Waals surface area contributed by atoms with Crippen molar-refractivity contribution in [2.45, 2.75) is 18.6 Å². The van der Waals surface area contributed by atoms with Gasteiger partial charge in [0.25, 0.3) is 0 Å². The van der Waals surface area contributed by atoms with Crippen LogP contribution in [0, 0.1) is 0 Å². The predicted octanol–water partition coefficient (Wildman–Crippen LogP) is 1.70. The summed E-state index contributed by atoms with van der Waals surface area (Å²) in [5.41, 5.74) is 0. The first-order chi connectivity index (χ1) is 4.11. The summed E-state index contributed by atoms with van der Waals surface area (Å²) in [7, 11) is 0. The second-order valence-corrected chi connectivity index (χ2v) is 4.20. The second kappa shape index (κ2) is 2.27. The van der Waals surface area contributed by atoms with Crippen molar-refractivity contribution in [3.63, 3.8) is 0 Å². The molecule has 1 aromatic heterocycles. The van der Waals surface area contributed by atoms with Gasteiger partial charge in [-0.15, -0.1) is 0 Å². The number of nitrogens with zero attached hydrogens (tertiary/aromatic N) is 2. The van der Waals surface area contributed by atoms with Crippen LogP contribution in [-0.2, 0) is 4.75 Å². The van der Waals surface area contributed by atoms with Crippen LogP contribution in [0.25, 0.3) is 0 Å². The summed E-state index contributed by atoms with van der Waals surface area (Å²) in [6.45, 7) is 3.99. The van der Waals surface area contributed by atoms with Gasteiger partial charge in [0.1, 0.15) is 11.3 Å². The first-order valence-corrected chi connectivity index (χ1v) is 3.82. The van der Waals surface area contributed by atoms with Crippen molar-refractivity contribution < 1.29 is 0 Å². The van der Waals surface area contributed by atoms with Gasteiger partial charge in [-0.25, -0.2) is 4.98 Å². The maximum atomic E-state index is 4.32. The van der Waals surface area contributed by atoms with Gasteiger partial charge in [-0.1, -0.05) is 0 Å². The Bertz CT molecular complexity index is 175. The summed E-state index contributed by atoms with van der Waals surface area (Å²) >= 11 is 5.71. The number of rotatable bonds is 1. The average molecular weight is 160 g/mol. The van der Waals surface area contributed by atoms with Crippen LogP contribution in [-0.4, -0.2) is 9.36 Å². The summed E-state index contributed by atoms with van der Waals surface area (Å²) in [6.07, 6.45) is 1.55. The van der Waals surface area contributed by atoms with E-state index in [0.29, 0.717) is 0 Å². The Morgan fingerprint density at radius 1 is 1.67 bits per heavy atom. The lowest BCUT2D eigenvalue weighted by atomic mass is 10.2. The summed E-state index contributed by atoms with van der Waals surface area (Å²) < 4.78 is 3.73. The van der Waals surface area contributed by atoms with E-state index in [1.54, 1.807) is 6.33 Å². The zero-order valence-corrected chi connectivity index (χ0v) is 7.04. The molecule has 0 aliphatic rings. The van der Waals surface area contributed by atoms with E-state index >= 15 is 0 Å². The highest BCUT2D eigenvalue weighted by Crippen LogP contribution is 2.26. The fourth-order valence-corrected chi connectivity index (χ4v) is 1.13. The quantitative estimate of drug-likeness (QED) is 0.633. The summed E-state index contributed by atoms with van der Waals surface area (Å²) in [5.74, 6) is 0. The molecule has 4 heteroatoms. The van der Waals surface area contributed by atoms with E-state index in [0.717, 1.165) is 5.01 Å². The maximum absolute atomic E-state index is 4.32. The number of hydrogen-bond acceptors (Lipinski definition) is 4. The fraction of sp³-hybridized carbons (Fsp3) is 0.600. The Balaban J connectivity index is 2.90. The summed E-state index contributed by atoms with van der Waals surface area (Å²) in [4.78, 5) is 4.02. The van der Waals surface area contributed by atoms with E-state index in [9.17, 15) is 0 Å². The van der Waals surface area contributed by atoms with Crippen LogP contribution in [0.2, 0.25) is 0 Å². The van der Waals surface area contributed by atoms with Crippen molar-refractivity contribution in [1.29, 1.82) is 0 Å². The molecule has 0 unspecified atom stereocenters. The maximum Gasteiger partial charge on any atom is 0.129 e. The topological polar surface area (TPSA) is 25.8 Å². The number of aromatic nitrogens is 2. The molecule has 0 aliphatic carbocycles. The van der Waals surface area contributed by atoms with Crippen LogP contribution in [0.5, 0.6) is 0 Å². The standard InChI is InChI=1S/C5H8N2S2/c1-5(2,8)4-6-3-7-9-4/h3,8H,1-2H3. The summed E-state index contributed by atoms with van der Waals surface area (Å²) in [5, 5.41) is 0.964. The average Bonchev–Trinajstić information content (AvgIpc) is 2.08. The van der Waals surface area contributed by atoms with Crippen LogP contribution >= 0.6 is 24.2 Å². The number of hydrogen-bond donors (Lipinski definition) is 1. The molecule has 1 rings (SSSR count). The van der Waals surface area contributed by atoms with E-state index in [1.165, 1.54) is 11.5 Å². The molecule has 2 nitrogen and oxygen atoms in total. The van der Waals surface area contributed by atoms with Crippen LogP contribution in [0.15, 0.2) is 6.33 Å². The van der Waals surface area contributed by atoms with Gasteiger partial charge in [0.05, 0.1) is 4.75 Å². The lowest BCUT2D eigenvalue weighted by Crippen LogP contribution is -2.05. The van der Waals surface area contributed by atoms with Gasteiger partial charge in [0.2, 0.25) is 0 Å². The Kier molecular flexibility index (Phi) is 1.77. The van der Waals surface area contributed by atoms with Crippen LogP contribution < -0.4 is 0 Å². The van der Waals surface area contributed by atoms with E-state index in [-0.39, 0.29) is 4.75 Å². The van der Waals surface area contributed by atoms with Crippen molar-refractivity contribution in [2.24, 2.45) is 0 Å². The zero-order valence-electron chi connectivity index (χ0n) is 5.33. The van der Waals surface area contributed by atoms with Crippen molar-refractivity contribution in [3.05, 3.63) is 11.3 Å². The van der Waals surface area contributed by atoms with Gasteiger partial charge in [0.15, 0.2) is 0 Å². The highest BCUT2D eigenvalue weighted by atomic mass is 32.1. The van der Waals surface area contributed by atoms with Gasteiger partial charge in [-0.3, -0.25) is 0 Å². The Morgan fingerprint density at radius 3 is 2.56 bits per heavy atom. The molecule has 0 aromatic carbocycles. The third-order valence-corrected chi connectivity index (χ3v) is 2.24. The molecular weight excluding hydrogens is 152 g/mol. The highest BCUT2D eigenvalue weighted by Gasteiger charge is 2.17. The molecule has 0 amide bonds. The molecule has 1 heterocycles. The minimum absolute atomic E-state index is 0.138. The lowest BCUT2D eigenvalue weighted by Gasteiger charge is -2.10. The van der Waals surface area contributed by atoms with E-state index in [1.807, 2.05) is 13.8 Å². The normalized spacial score (nSPS) is 11.9. The Morgan fingerprint density at radius 2 is 2.33 bits per heavy atom. The van der Waals surface area contributed by atoms with Gasteiger partial charge in [-0.05, 0) is 25.4 Å². The van der Waals surface area contributed by atoms with Crippen molar-refractivity contribution in [2.75, 3.05) is 0 Å². The molecule has 0 atom stereocenters. The van der Waals surface area contributed by atoms with Gasteiger partial charge >= 0.3 is 0 Å². The molecule has 0 bridgehead atoms. The SMILES string of the molecule is CC(C)(S)c1ncns1. The first-order valence-electron chi connectivity index (χ1n) is 2.60. The summed E-state index contributed by atoms with van der Waals surface area (Å²) in [6, 6.07) is 0. The number of thiol groups is 1. The molecule has 0 saturated heterocycles. The van der Waals surface area contributed by atoms with Gasteiger partial charge in [0, 0.05) is 0 Å². The van der Waals surface area contributed by atoms with Crippen LogP contribution in [0.3, 0.4) is 0 Å². The highest BCUT2D eigenvalue weighted by molar-refractivity contribution is 7.81. The fourth-order valence-electron chi connectivity index (χ4n) is 0.443. The largest absolute Gasteiger partial charge is 0.227 e. The zero-order chi connectivity index (χ0) is 6.91. The molecule has 0 N–H and O–H groups in total. The third kappa shape index (κ3) is 1.66. The van der Waals surface area contributed by atoms with Crippen LogP contribution in [0.1, 0.15) is 18.9 Å². The Hall–Kier alpha value is -0.0900. The Labute approximate surface area is 63.9 Å². The van der Waals surface area contributed by atoms with Crippen LogP contribution in [0.4, 0.5) is 0 Å². The third-order valence-electron chi connectivity index (χ3n) is 0.885. The molecule has 0 spiro atoms. The molecule has 9 heavy (non-hydrogen) atoms. The van der Waals surface area contributed by atoms with E-state index in [4.69, 9.17) is 0 Å². The van der Waals surface area contributed by atoms with Gasteiger partial charge < -0.3 is 0 Å². The van der Waals surface area contributed by atoms with Crippen molar-refractivity contribution in [3.8, 4) is 0 Å². The predicted molar refractivity (Wildman–Crippen MR) is 41.9 cm³/mol. The molecule has 1 aromatic rings. The molecule has 0 radical (unpaired) electrons. The minimum Gasteiger partial charge on any atom is -0.227 e. The lowest BCUT2D eigenvalue weighted by molar-refractivity contribution is 0.780. The van der Waals surface area contributed by atoms with E-state index in [2.05, 4.69) is 22.0 Å².